The van der Waals surface area contributed by atoms with Gasteiger partial charge in [-0.25, -0.2) is 4.79 Å². The molecule has 5 rings (SSSR count). The van der Waals surface area contributed by atoms with E-state index >= 15 is 0 Å². The molecule has 5 N–H and O–H groups in total. The van der Waals surface area contributed by atoms with E-state index in [-0.39, 0.29) is 55.2 Å². The number of carbonyl (C=O) groups excluding carboxylic acids is 4. The van der Waals surface area contributed by atoms with Gasteiger partial charge in [0.1, 0.15) is 6.04 Å². The molecule has 4 amide bonds. The number of hydrogen-bond acceptors (Lipinski definition) is 6. The number of unbranched alkanes of at least 4 members (excludes halogenated alkanes) is 2. The van der Waals surface area contributed by atoms with Crippen LogP contribution in [-0.4, -0.2) is 77.3 Å². The molecule has 0 spiro atoms. The van der Waals surface area contributed by atoms with Crippen LogP contribution in [0.1, 0.15) is 56.1 Å². The van der Waals surface area contributed by atoms with Crippen LogP contribution in [0.3, 0.4) is 0 Å². The fourth-order valence-electron chi connectivity index (χ4n) is 6.31. The second-order valence-corrected chi connectivity index (χ2v) is 15.4. The maximum absolute atomic E-state index is 14.2. The molecular formula is C35H39Cl4N5O4S. The summed E-state index contributed by atoms with van der Waals surface area (Å²) >= 11 is 26.6. The molecule has 2 aromatic carbocycles. The third kappa shape index (κ3) is 9.96. The number of carbonyl (C=O) groups is 4. The topological polar surface area (TPSA) is 134 Å². The first-order valence-corrected chi connectivity index (χ1v) is 18.9. The molecular weight excluding hydrogens is 728 g/mol. The second kappa shape index (κ2) is 17.5. The van der Waals surface area contributed by atoms with E-state index < -0.39 is 6.04 Å². The van der Waals surface area contributed by atoms with Gasteiger partial charge in [0.2, 0.25) is 11.8 Å². The number of piperidine rings is 1. The number of rotatable bonds is 13. The van der Waals surface area contributed by atoms with Crippen molar-refractivity contribution < 1.29 is 19.2 Å². The van der Waals surface area contributed by atoms with Gasteiger partial charge in [0.15, 0.2) is 5.78 Å². The van der Waals surface area contributed by atoms with Crippen LogP contribution in [0.2, 0.25) is 20.1 Å². The molecule has 3 fully saturated rings. The Bertz CT molecular complexity index is 1580. The number of nitrogens with one attached hydrogen (secondary N) is 3. The Kier molecular flexibility index (Phi) is 13.4. The fourth-order valence-corrected chi connectivity index (χ4v) is 8.47. The highest BCUT2D eigenvalue weighted by Crippen LogP contribution is 2.33. The van der Waals surface area contributed by atoms with E-state index in [1.54, 1.807) is 53.5 Å². The molecule has 2 unspecified atom stereocenters. The molecule has 0 radical (unpaired) electrons. The molecule has 49 heavy (non-hydrogen) atoms. The minimum absolute atomic E-state index is 0.0481. The lowest BCUT2D eigenvalue weighted by molar-refractivity contribution is -0.136. The summed E-state index contributed by atoms with van der Waals surface area (Å²) in [6, 6.07) is 9.50. The van der Waals surface area contributed by atoms with Gasteiger partial charge in [-0.3, -0.25) is 14.4 Å². The maximum Gasteiger partial charge on any atom is 0.315 e. The van der Waals surface area contributed by atoms with Gasteiger partial charge in [-0.15, -0.1) is 0 Å². The molecule has 3 heterocycles. The zero-order valence-electron chi connectivity index (χ0n) is 26.8. The van der Waals surface area contributed by atoms with Gasteiger partial charge in [-0.05, 0) is 86.2 Å². The lowest BCUT2D eigenvalue weighted by atomic mass is 9.93. The molecule has 3 aliphatic heterocycles. The van der Waals surface area contributed by atoms with Crippen LogP contribution >= 0.6 is 58.2 Å². The zero-order valence-corrected chi connectivity index (χ0v) is 30.6. The normalized spacial score (nSPS) is 22.6. The molecule has 4 atom stereocenters. The van der Waals surface area contributed by atoms with Crippen LogP contribution < -0.4 is 21.7 Å². The number of thioether (sulfide) groups is 1. The van der Waals surface area contributed by atoms with Crippen molar-refractivity contribution >= 4 is 93.9 Å². The van der Waals surface area contributed by atoms with Gasteiger partial charge < -0.3 is 26.6 Å². The summed E-state index contributed by atoms with van der Waals surface area (Å²) in [5.41, 5.74) is 7.84. The van der Waals surface area contributed by atoms with Gasteiger partial charge in [0.25, 0.3) is 0 Å². The fraction of sp³-hybridized carbons (Fsp3) is 0.429. The SMILES string of the molecule is NCCCC[C@@H](NC(=O)CCCC[C@@H]1SCC2NC(=O)NC21)C(=O)N1C/C(=C\c2ccc(Cl)c(Cl)c2)C(=O)/C(=C/c2ccc(Cl)c(Cl)c2)C1. The standard InChI is InChI=1S/C35H39Cl4N5O4S/c36-24-10-8-20(15-26(24)38)13-22-17-44(18-23(33(22)46)14-21-9-11-25(37)27(39)16-21)34(47)28(5-3-4-12-40)41-31(45)7-2-1-6-30-32-29(19-49-30)42-35(48)43-32/h8-11,13-16,28-30,32H,1-7,12,17-19,40H2,(H,41,45)(H2,42,43,48)/b22-13+,23-14+/t28-,29?,30+,32?/m1/s1. The number of nitrogens with two attached hydrogens (primary N) is 1. The van der Waals surface area contributed by atoms with Gasteiger partial charge >= 0.3 is 6.03 Å². The zero-order chi connectivity index (χ0) is 35.1. The van der Waals surface area contributed by atoms with Crippen LogP contribution in [-0.2, 0) is 14.4 Å². The van der Waals surface area contributed by atoms with Gasteiger partial charge in [0.05, 0.1) is 32.2 Å². The van der Waals surface area contributed by atoms with Gasteiger partial charge in [-0.1, -0.05) is 65.0 Å². The molecule has 0 aromatic heterocycles. The first-order chi connectivity index (χ1) is 23.5. The molecule has 0 bridgehead atoms. The average Bonchev–Trinajstić information content (AvgIpc) is 3.63. The van der Waals surface area contributed by atoms with Crippen LogP contribution in [0, 0.1) is 0 Å². The number of ketones is 1. The average molecular weight is 768 g/mol. The predicted octanol–water partition coefficient (Wildman–Crippen LogP) is 6.52. The molecule has 262 valence electrons. The third-order valence-corrected chi connectivity index (χ3v) is 11.8. The van der Waals surface area contributed by atoms with Crippen LogP contribution in [0.15, 0.2) is 47.5 Å². The van der Waals surface area contributed by atoms with Crippen molar-refractivity contribution in [1.82, 2.24) is 20.9 Å². The number of Topliss-reactive ketones (excluding diaryl/α,β-unsaturated/α-hetero) is 1. The monoisotopic (exact) mass is 765 g/mol. The Morgan fingerprint density at radius 3 is 2.12 bits per heavy atom. The second-order valence-electron chi connectivity index (χ2n) is 12.5. The Morgan fingerprint density at radius 1 is 0.898 bits per heavy atom. The quantitative estimate of drug-likeness (QED) is 0.104. The molecule has 9 nitrogen and oxygen atoms in total. The molecule has 3 aliphatic rings. The van der Waals surface area contributed by atoms with Crippen molar-refractivity contribution in [1.29, 1.82) is 0 Å². The van der Waals surface area contributed by atoms with Crippen molar-refractivity contribution in [3.8, 4) is 0 Å². The number of amides is 4. The van der Waals surface area contributed by atoms with Gasteiger partial charge in [0, 0.05) is 41.7 Å². The smallest absolute Gasteiger partial charge is 0.315 e. The summed E-state index contributed by atoms with van der Waals surface area (Å²) in [5, 5.41) is 10.7. The van der Waals surface area contributed by atoms with E-state index in [2.05, 4.69) is 16.0 Å². The van der Waals surface area contributed by atoms with Crippen molar-refractivity contribution in [3.05, 3.63) is 78.8 Å². The number of likely N-dealkylation sites (tertiary alicyclic amines) is 1. The summed E-state index contributed by atoms with van der Waals surface area (Å²) in [5.74, 6) is 0.184. The van der Waals surface area contributed by atoms with Crippen LogP contribution in [0.4, 0.5) is 4.79 Å². The lowest BCUT2D eigenvalue weighted by Crippen LogP contribution is -2.51. The summed E-state index contributed by atoms with van der Waals surface area (Å²) in [7, 11) is 0. The highest BCUT2D eigenvalue weighted by molar-refractivity contribution is 8.00. The third-order valence-electron chi connectivity index (χ3n) is 8.85. The Labute approximate surface area is 310 Å². The van der Waals surface area contributed by atoms with E-state index in [9.17, 15) is 19.2 Å². The Balaban J connectivity index is 1.30. The maximum atomic E-state index is 14.2. The summed E-state index contributed by atoms with van der Waals surface area (Å²) in [4.78, 5) is 54.4. The number of benzene rings is 2. The molecule has 0 aliphatic carbocycles. The summed E-state index contributed by atoms with van der Waals surface area (Å²) < 4.78 is 0. The van der Waals surface area contributed by atoms with E-state index in [4.69, 9.17) is 52.1 Å². The first kappa shape index (κ1) is 37.5. The van der Waals surface area contributed by atoms with Crippen LogP contribution in [0.25, 0.3) is 12.2 Å². The number of hydrogen-bond donors (Lipinski definition) is 4. The number of urea groups is 1. The highest BCUT2D eigenvalue weighted by Gasteiger charge is 2.42. The molecule has 0 saturated carbocycles. The van der Waals surface area contributed by atoms with Crippen molar-refractivity contribution in [3.63, 3.8) is 0 Å². The van der Waals surface area contributed by atoms with Crippen LogP contribution in [0.5, 0.6) is 0 Å². The van der Waals surface area contributed by atoms with Crippen molar-refractivity contribution in [2.45, 2.75) is 68.3 Å². The number of nitrogens with zero attached hydrogens (tertiary/aromatic N) is 1. The van der Waals surface area contributed by atoms with Gasteiger partial charge in [-0.2, -0.15) is 11.8 Å². The molecule has 2 aromatic rings. The number of halogens is 4. The number of fused-ring (bicyclic) bond motifs is 1. The molecule has 3 saturated heterocycles. The minimum atomic E-state index is -0.782. The van der Waals surface area contributed by atoms with E-state index in [0.29, 0.717) is 79.8 Å². The molecule has 14 heteroatoms. The lowest BCUT2D eigenvalue weighted by Gasteiger charge is -2.33. The highest BCUT2D eigenvalue weighted by atomic mass is 35.5. The first-order valence-electron chi connectivity index (χ1n) is 16.3. The summed E-state index contributed by atoms with van der Waals surface area (Å²) in [6.45, 7) is 0.566. The van der Waals surface area contributed by atoms with E-state index in [1.165, 1.54) is 0 Å². The van der Waals surface area contributed by atoms with Crippen molar-refractivity contribution in [2.24, 2.45) is 5.73 Å². The minimum Gasteiger partial charge on any atom is -0.344 e. The summed E-state index contributed by atoms with van der Waals surface area (Å²) in [6.07, 6.45) is 7.84. The van der Waals surface area contributed by atoms with E-state index in [1.807, 2.05) is 11.8 Å². The van der Waals surface area contributed by atoms with E-state index in [0.717, 1.165) is 18.6 Å². The Hall–Kier alpha value is -2.73. The predicted molar refractivity (Wildman–Crippen MR) is 199 cm³/mol. The van der Waals surface area contributed by atoms with Crippen molar-refractivity contribution in [2.75, 3.05) is 25.4 Å². The largest absolute Gasteiger partial charge is 0.344 e. The Morgan fingerprint density at radius 2 is 1.53 bits per heavy atom.